The molecule has 5 amide bonds. The van der Waals surface area contributed by atoms with Crippen LogP contribution in [0.4, 0.5) is 11.5 Å². The fourth-order valence-electron chi connectivity index (χ4n) is 7.97. The highest BCUT2D eigenvalue weighted by atomic mass is 16.5. The third-order valence-electron chi connectivity index (χ3n) is 11.0. The molecule has 3 N–H and O–H groups in total. The van der Waals surface area contributed by atoms with Gasteiger partial charge in [0.2, 0.25) is 11.8 Å². The number of likely N-dealkylation sites (tertiary alicyclic amines) is 1. The number of nitrogens with zero attached hydrogens (tertiary/aromatic N) is 4. The van der Waals surface area contributed by atoms with Gasteiger partial charge >= 0.3 is 0 Å². The number of fused-ring (bicyclic) bond motifs is 2. The molecule has 8 rings (SSSR count). The number of rotatable bonds is 9. The number of H-pyrrole nitrogens is 1. The lowest BCUT2D eigenvalue weighted by Gasteiger charge is -2.33. The van der Waals surface area contributed by atoms with E-state index in [4.69, 9.17) is 4.74 Å². The molecule has 2 aromatic carbocycles. The zero-order valence-corrected chi connectivity index (χ0v) is 29.0. The van der Waals surface area contributed by atoms with Crippen molar-refractivity contribution in [1.82, 2.24) is 25.1 Å². The Morgan fingerprint density at radius 3 is 2.44 bits per heavy atom. The SMILES string of the molecule is CN1CCC[C@@H]1c1cc2cnc(NC(=O)c3ccc(OCCC4CCN(c5ccc6c(c5)C(=O)N(C5CCC(=O)NC5=O)C6=O)CC4)cc3)cc2[nH]1. The van der Waals surface area contributed by atoms with E-state index >= 15 is 0 Å². The Bertz CT molecular complexity index is 2070. The van der Waals surface area contributed by atoms with Crippen LogP contribution in [0.2, 0.25) is 0 Å². The van der Waals surface area contributed by atoms with Crippen molar-refractivity contribution in [2.24, 2.45) is 5.92 Å². The number of carbonyl (C=O) groups excluding carboxylic acids is 5. The van der Waals surface area contributed by atoms with Crippen molar-refractivity contribution >= 4 is 51.9 Å². The minimum Gasteiger partial charge on any atom is -0.494 e. The van der Waals surface area contributed by atoms with Gasteiger partial charge in [0.15, 0.2) is 0 Å². The normalized spacial score (nSPS) is 21.2. The second kappa shape index (κ2) is 13.9. The number of benzene rings is 2. The molecule has 268 valence electrons. The van der Waals surface area contributed by atoms with E-state index in [1.807, 2.05) is 24.3 Å². The minimum atomic E-state index is -0.976. The molecule has 0 aliphatic carbocycles. The fraction of sp³-hybridized carbons (Fsp3) is 0.385. The van der Waals surface area contributed by atoms with E-state index in [0.717, 1.165) is 66.8 Å². The number of anilines is 2. The fourth-order valence-corrected chi connectivity index (χ4v) is 7.97. The van der Waals surface area contributed by atoms with Gasteiger partial charge in [0, 0.05) is 60.1 Å². The first kappa shape index (κ1) is 33.6. The van der Waals surface area contributed by atoms with Gasteiger partial charge in [-0.05, 0) is 107 Å². The number of aromatic nitrogens is 2. The van der Waals surface area contributed by atoms with Crippen LogP contribution in [0.5, 0.6) is 5.75 Å². The molecular weight excluding hydrogens is 662 g/mol. The van der Waals surface area contributed by atoms with E-state index < -0.39 is 29.7 Å². The molecule has 4 aliphatic heterocycles. The molecule has 13 nitrogen and oxygen atoms in total. The Balaban J connectivity index is 0.797. The van der Waals surface area contributed by atoms with Crippen LogP contribution in [0.25, 0.3) is 10.9 Å². The van der Waals surface area contributed by atoms with Gasteiger partial charge < -0.3 is 19.9 Å². The van der Waals surface area contributed by atoms with Crippen LogP contribution in [0.3, 0.4) is 0 Å². The molecule has 2 atom stereocenters. The van der Waals surface area contributed by atoms with Crippen LogP contribution in [0, 0.1) is 5.92 Å². The van der Waals surface area contributed by atoms with Crippen LogP contribution in [-0.4, -0.2) is 88.6 Å². The third-order valence-corrected chi connectivity index (χ3v) is 11.0. The van der Waals surface area contributed by atoms with E-state index in [-0.39, 0.29) is 24.3 Å². The summed E-state index contributed by atoms with van der Waals surface area (Å²) in [7, 11) is 2.15. The molecule has 0 saturated carbocycles. The third kappa shape index (κ3) is 6.52. The first-order valence-corrected chi connectivity index (χ1v) is 18.1. The molecule has 4 aromatic rings. The van der Waals surface area contributed by atoms with Crippen molar-refractivity contribution in [3.05, 3.63) is 83.2 Å². The molecule has 2 aromatic heterocycles. The van der Waals surface area contributed by atoms with Crippen LogP contribution in [0.1, 0.15) is 87.8 Å². The van der Waals surface area contributed by atoms with Crippen molar-refractivity contribution in [2.45, 2.75) is 57.0 Å². The average molecular weight is 704 g/mol. The van der Waals surface area contributed by atoms with Crippen LogP contribution < -0.4 is 20.3 Å². The van der Waals surface area contributed by atoms with E-state index in [1.54, 1.807) is 30.5 Å². The minimum absolute atomic E-state index is 0.0881. The number of nitrogens with one attached hydrogen (secondary N) is 3. The number of ether oxygens (including phenoxy) is 1. The Kier molecular flexibility index (Phi) is 8.96. The highest BCUT2D eigenvalue weighted by molar-refractivity contribution is 6.23. The summed E-state index contributed by atoms with van der Waals surface area (Å²) in [4.78, 5) is 76.8. The summed E-state index contributed by atoms with van der Waals surface area (Å²) in [6.07, 6.45) is 7.12. The second-order valence-electron chi connectivity index (χ2n) is 14.2. The summed E-state index contributed by atoms with van der Waals surface area (Å²) >= 11 is 0. The predicted octanol–water partition coefficient (Wildman–Crippen LogP) is 4.67. The van der Waals surface area contributed by atoms with E-state index in [2.05, 4.69) is 43.5 Å². The monoisotopic (exact) mass is 703 g/mol. The maximum absolute atomic E-state index is 13.2. The smallest absolute Gasteiger partial charge is 0.262 e. The maximum atomic E-state index is 13.2. The first-order valence-electron chi connectivity index (χ1n) is 18.1. The maximum Gasteiger partial charge on any atom is 0.262 e. The van der Waals surface area contributed by atoms with Crippen LogP contribution in [-0.2, 0) is 9.59 Å². The number of aromatic amines is 1. The van der Waals surface area contributed by atoms with Gasteiger partial charge in [-0.15, -0.1) is 0 Å². The molecule has 0 bridgehead atoms. The lowest BCUT2D eigenvalue weighted by molar-refractivity contribution is -0.136. The molecule has 1 unspecified atom stereocenters. The number of imide groups is 2. The number of piperidine rings is 2. The van der Waals surface area contributed by atoms with Gasteiger partial charge in [-0.3, -0.25) is 39.1 Å². The molecule has 0 radical (unpaired) electrons. The lowest BCUT2D eigenvalue weighted by atomic mass is 9.93. The number of hydrogen-bond donors (Lipinski definition) is 3. The van der Waals surface area contributed by atoms with Crippen molar-refractivity contribution in [1.29, 1.82) is 0 Å². The summed E-state index contributed by atoms with van der Waals surface area (Å²) in [6.45, 7) is 3.25. The Hall–Kier alpha value is -5.56. The summed E-state index contributed by atoms with van der Waals surface area (Å²) < 4.78 is 6.03. The number of amides is 5. The quantitative estimate of drug-likeness (QED) is 0.211. The van der Waals surface area contributed by atoms with Gasteiger partial charge in [-0.1, -0.05) is 0 Å². The van der Waals surface area contributed by atoms with Gasteiger partial charge in [-0.2, -0.15) is 0 Å². The Morgan fingerprint density at radius 1 is 0.904 bits per heavy atom. The number of pyridine rings is 1. The summed E-state index contributed by atoms with van der Waals surface area (Å²) in [5, 5.41) is 6.17. The van der Waals surface area contributed by atoms with Crippen LogP contribution >= 0.6 is 0 Å². The van der Waals surface area contributed by atoms with Crippen molar-refractivity contribution in [3.8, 4) is 5.75 Å². The standard InChI is InChI=1S/C39H41N7O6/c1-44-15-2-3-32(44)31-19-25-22-40-34(21-30(25)41-31)42-36(48)24-4-7-27(8-5-24)52-18-14-23-12-16-45(17-13-23)26-6-9-28-29(20-26)39(51)46(38(28)50)33-10-11-35(47)43-37(33)49/h4-9,19-23,32-33,41H,2-3,10-18H2,1H3,(H,40,42,48)(H,43,47,49)/t32-,33?/m1/s1. The summed E-state index contributed by atoms with van der Waals surface area (Å²) in [6, 6.07) is 15.8. The van der Waals surface area contributed by atoms with Gasteiger partial charge in [0.1, 0.15) is 17.6 Å². The zero-order chi connectivity index (χ0) is 35.9. The van der Waals surface area contributed by atoms with E-state index in [0.29, 0.717) is 41.3 Å². The second-order valence-corrected chi connectivity index (χ2v) is 14.2. The summed E-state index contributed by atoms with van der Waals surface area (Å²) in [5.74, 6) is -0.572. The van der Waals surface area contributed by atoms with Crippen molar-refractivity contribution < 1.29 is 28.7 Å². The van der Waals surface area contributed by atoms with Crippen molar-refractivity contribution in [2.75, 3.05) is 43.5 Å². The van der Waals surface area contributed by atoms with Gasteiger partial charge in [0.25, 0.3) is 17.7 Å². The topological polar surface area (TPSA) is 157 Å². The van der Waals surface area contributed by atoms with Crippen LogP contribution in [0.15, 0.2) is 60.8 Å². The molecular formula is C39H41N7O6. The zero-order valence-electron chi connectivity index (χ0n) is 29.0. The number of carbonyl (C=O) groups is 5. The Morgan fingerprint density at radius 2 is 1.69 bits per heavy atom. The molecule has 52 heavy (non-hydrogen) atoms. The average Bonchev–Trinajstić information content (AvgIpc) is 3.84. The molecule has 3 fully saturated rings. The number of hydrogen-bond acceptors (Lipinski definition) is 9. The van der Waals surface area contributed by atoms with Crippen molar-refractivity contribution in [3.63, 3.8) is 0 Å². The molecule has 13 heteroatoms. The molecule has 4 aliphatic rings. The molecule has 0 spiro atoms. The van der Waals surface area contributed by atoms with E-state index in [9.17, 15) is 24.0 Å². The highest BCUT2D eigenvalue weighted by Crippen LogP contribution is 2.34. The van der Waals surface area contributed by atoms with Gasteiger partial charge in [-0.25, -0.2) is 4.98 Å². The first-order chi connectivity index (χ1) is 25.2. The van der Waals surface area contributed by atoms with E-state index in [1.165, 1.54) is 12.1 Å². The largest absolute Gasteiger partial charge is 0.494 e. The summed E-state index contributed by atoms with van der Waals surface area (Å²) in [5.41, 5.74) is 4.09. The van der Waals surface area contributed by atoms with Gasteiger partial charge in [0.05, 0.1) is 23.3 Å². The lowest BCUT2D eigenvalue weighted by Crippen LogP contribution is -2.54. The highest BCUT2D eigenvalue weighted by Gasteiger charge is 2.44. The Labute approximate surface area is 300 Å². The molecule has 3 saturated heterocycles. The predicted molar refractivity (Wildman–Crippen MR) is 193 cm³/mol. The molecule has 6 heterocycles.